The Hall–Kier alpha value is -3.13. The number of ether oxygens (including phenoxy) is 1. The first-order chi connectivity index (χ1) is 11.9. The van der Waals surface area contributed by atoms with E-state index in [0.717, 1.165) is 22.2 Å². The number of pyridine rings is 1. The van der Waals surface area contributed by atoms with Crippen molar-refractivity contribution < 1.29 is 4.74 Å². The standard InChI is InChI=1S/C22H17NO/c1-3-7-17(8-4-1)16-24-19-11-12-22-21(15-19)20(13-14-23-22)18-9-5-2-6-10-18/h1-15H,16H2. The van der Waals surface area contributed by atoms with Crippen LogP contribution >= 0.6 is 0 Å². The summed E-state index contributed by atoms with van der Waals surface area (Å²) in [5.74, 6) is 0.858. The number of benzene rings is 3. The maximum atomic E-state index is 5.96. The molecule has 0 saturated heterocycles. The Balaban J connectivity index is 1.69. The lowest BCUT2D eigenvalue weighted by Gasteiger charge is -2.10. The maximum Gasteiger partial charge on any atom is 0.120 e. The van der Waals surface area contributed by atoms with E-state index in [1.807, 2.05) is 42.6 Å². The SMILES string of the molecule is c1ccc(COc2ccc3nccc(-c4ccccc4)c3c2)cc1. The van der Waals surface area contributed by atoms with E-state index >= 15 is 0 Å². The summed E-state index contributed by atoms with van der Waals surface area (Å²) in [5, 5.41) is 1.11. The van der Waals surface area contributed by atoms with Crippen molar-refractivity contribution >= 4 is 10.9 Å². The summed E-state index contributed by atoms with van der Waals surface area (Å²) in [7, 11) is 0. The van der Waals surface area contributed by atoms with Crippen LogP contribution in [0.1, 0.15) is 5.56 Å². The summed E-state index contributed by atoms with van der Waals surface area (Å²) in [6, 6.07) is 28.7. The molecule has 0 aliphatic rings. The molecule has 3 aromatic carbocycles. The summed E-state index contributed by atoms with van der Waals surface area (Å²) >= 11 is 0. The highest BCUT2D eigenvalue weighted by Crippen LogP contribution is 2.30. The van der Waals surface area contributed by atoms with Crippen molar-refractivity contribution in [2.45, 2.75) is 6.61 Å². The summed E-state index contributed by atoms with van der Waals surface area (Å²) in [6.07, 6.45) is 1.86. The molecule has 0 saturated carbocycles. The first kappa shape index (κ1) is 14.5. The number of hydrogen-bond acceptors (Lipinski definition) is 2. The maximum absolute atomic E-state index is 5.96. The topological polar surface area (TPSA) is 22.1 Å². The van der Waals surface area contributed by atoms with Crippen LogP contribution in [0, 0.1) is 0 Å². The Morgan fingerprint density at radius 2 is 1.50 bits per heavy atom. The fraction of sp³-hybridized carbons (Fsp3) is 0.0455. The first-order valence-electron chi connectivity index (χ1n) is 8.01. The first-order valence-corrected chi connectivity index (χ1v) is 8.01. The Morgan fingerprint density at radius 1 is 0.750 bits per heavy atom. The minimum atomic E-state index is 0.563. The molecular weight excluding hydrogens is 294 g/mol. The fourth-order valence-electron chi connectivity index (χ4n) is 2.83. The van der Waals surface area contributed by atoms with Crippen LogP contribution in [0.4, 0.5) is 0 Å². The van der Waals surface area contributed by atoms with Gasteiger partial charge in [0, 0.05) is 11.6 Å². The largest absolute Gasteiger partial charge is 0.489 e. The number of rotatable bonds is 4. The van der Waals surface area contributed by atoms with E-state index in [1.54, 1.807) is 0 Å². The van der Waals surface area contributed by atoms with Crippen molar-refractivity contribution in [3.8, 4) is 16.9 Å². The molecular formula is C22H17NO. The molecule has 0 radical (unpaired) electrons. The lowest BCUT2D eigenvalue weighted by molar-refractivity contribution is 0.306. The molecule has 0 atom stereocenters. The van der Waals surface area contributed by atoms with Gasteiger partial charge in [0.1, 0.15) is 12.4 Å². The van der Waals surface area contributed by atoms with Gasteiger partial charge in [0.15, 0.2) is 0 Å². The number of nitrogens with zero attached hydrogens (tertiary/aromatic N) is 1. The van der Waals surface area contributed by atoms with Gasteiger partial charge in [-0.05, 0) is 41.0 Å². The Labute approximate surface area is 141 Å². The van der Waals surface area contributed by atoms with Gasteiger partial charge in [-0.1, -0.05) is 60.7 Å². The number of aromatic nitrogens is 1. The molecule has 4 aromatic rings. The molecule has 1 heterocycles. The van der Waals surface area contributed by atoms with Gasteiger partial charge in [-0.2, -0.15) is 0 Å². The zero-order chi connectivity index (χ0) is 16.2. The summed E-state index contributed by atoms with van der Waals surface area (Å²) in [4.78, 5) is 4.47. The van der Waals surface area contributed by atoms with Crippen molar-refractivity contribution in [2.75, 3.05) is 0 Å². The van der Waals surface area contributed by atoms with Gasteiger partial charge in [0.2, 0.25) is 0 Å². The van der Waals surface area contributed by atoms with Crippen LogP contribution in [0.25, 0.3) is 22.0 Å². The third-order valence-corrected chi connectivity index (χ3v) is 4.05. The van der Waals surface area contributed by atoms with Gasteiger partial charge < -0.3 is 4.74 Å². The van der Waals surface area contributed by atoms with Crippen LogP contribution < -0.4 is 4.74 Å². The van der Waals surface area contributed by atoms with Crippen LogP contribution in [0.2, 0.25) is 0 Å². The van der Waals surface area contributed by atoms with E-state index in [0.29, 0.717) is 6.61 Å². The molecule has 0 fully saturated rings. The van der Waals surface area contributed by atoms with Crippen LogP contribution in [0.5, 0.6) is 5.75 Å². The normalized spacial score (nSPS) is 10.7. The van der Waals surface area contributed by atoms with Crippen molar-refractivity contribution in [1.82, 2.24) is 4.98 Å². The summed E-state index contributed by atoms with van der Waals surface area (Å²) in [6.45, 7) is 0.563. The molecule has 0 bridgehead atoms. The molecule has 0 aliphatic heterocycles. The number of hydrogen-bond donors (Lipinski definition) is 0. The van der Waals surface area contributed by atoms with E-state index < -0.39 is 0 Å². The van der Waals surface area contributed by atoms with Crippen molar-refractivity contribution in [1.29, 1.82) is 0 Å². The predicted octanol–water partition coefficient (Wildman–Crippen LogP) is 5.48. The highest BCUT2D eigenvalue weighted by molar-refractivity contribution is 5.95. The quantitative estimate of drug-likeness (QED) is 0.498. The summed E-state index contributed by atoms with van der Waals surface area (Å²) in [5.41, 5.74) is 4.49. The molecule has 24 heavy (non-hydrogen) atoms. The highest BCUT2D eigenvalue weighted by atomic mass is 16.5. The molecule has 0 N–H and O–H groups in total. The van der Waals surface area contributed by atoms with Crippen molar-refractivity contribution in [3.05, 3.63) is 96.7 Å². The average Bonchev–Trinajstić information content (AvgIpc) is 2.67. The molecule has 4 rings (SSSR count). The Bertz CT molecular complexity index is 949. The molecule has 0 amide bonds. The second-order valence-electron chi connectivity index (χ2n) is 5.68. The smallest absolute Gasteiger partial charge is 0.120 e. The van der Waals surface area contributed by atoms with E-state index in [2.05, 4.69) is 53.5 Å². The summed E-state index contributed by atoms with van der Waals surface area (Å²) < 4.78 is 5.96. The monoisotopic (exact) mass is 311 g/mol. The fourth-order valence-corrected chi connectivity index (χ4v) is 2.83. The molecule has 2 nitrogen and oxygen atoms in total. The van der Waals surface area contributed by atoms with Gasteiger partial charge in [-0.15, -0.1) is 0 Å². The van der Waals surface area contributed by atoms with E-state index in [9.17, 15) is 0 Å². The van der Waals surface area contributed by atoms with E-state index in [4.69, 9.17) is 4.74 Å². The zero-order valence-corrected chi connectivity index (χ0v) is 13.2. The molecule has 2 heteroatoms. The average molecular weight is 311 g/mol. The lowest BCUT2D eigenvalue weighted by Crippen LogP contribution is -1.95. The van der Waals surface area contributed by atoms with Crippen LogP contribution in [0.15, 0.2) is 91.1 Å². The highest BCUT2D eigenvalue weighted by Gasteiger charge is 2.06. The van der Waals surface area contributed by atoms with Crippen LogP contribution in [-0.4, -0.2) is 4.98 Å². The van der Waals surface area contributed by atoms with E-state index in [-0.39, 0.29) is 0 Å². The van der Waals surface area contributed by atoms with Gasteiger partial charge >= 0.3 is 0 Å². The second kappa shape index (κ2) is 6.55. The zero-order valence-electron chi connectivity index (χ0n) is 13.2. The molecule has 1 aromatic heterocycles. The Morgan fingerprint density at radius 3 is 2.29 bits per heavy atom. The van der Waals surface area contributed by atoms with E-state index in [1.165, 1.54) is 11.1 Å². The van der Waals surface area contributed by atoms with Gasteiger partial charge in [0.25, 0.3) is 0 Å². The molecule has 116 valence electrons. The number of fused-ring (bicyclic) bond motifs is 1. The minimum Gasteiger partial charge on any atom is -0.489 e. The van der Waals surface area contributed by atoms with Crippen molar-refractivity contribution in [2.24, 2.45) is 0 Å². The molecule has 0 spiro atoms. The lowest BCUT2D eigenvalue weighted by atomic mass is 10.0. The predicted molar refractivity (Wildman–Crippen MR) is 98.0 cm³/mol. The van der Waals surface area contributed by atoms with Crippen molar-refractivity contribution in [3.63, 3.8) is 0 Å². The van der Waals surface area contributed by atoms with Gasteiger partial charge in [0.05, 0.1) is 5.52 Å². The Kier molecular flexibility index (Phi) is 3.95. The van der Waals surface area contributed by atoms with Gasteiger partial charge in [-0.3, -0.25) is 4.98 Å². The second-order valence-corrected chi connectivity index (χ2v) is 5.68. The minimum absolute atomic E-state index is 0.563. The van der Waals surface area contributed by atoms with Crippen LogP contribution in [0.3, 0.4) is 0 Å². The third-order valence-electron chi connectivity index (χ3n) is 4.05. The third kappa shape index (κ3) is 2.99. The van der Waals surface area contributed by atoms with Gasteiger partial charge in [-0.25, -0.2) is 0 Å². The molecule has 0 aliphatic carbocycles. The van der Waals surface area contributed by atoms with Crippen LogP contribution in [-0.2, 0) is 6.61 Å². The molecule has 0 unspecified atom stereocenters.